The van der Waals surface area contributed by atoms with Crippen LogP contribution in [0.15, 0.2) is 42.6 Å². The molecule has 0 amide bonds. The molecule has 1 heterocycles. The van der Waals surface area contributed by atoms with Crippen molar-refractivity contribution in [2.45, 2.75) is 4.87 Å². The molecule has 0 N–H and O–H groups in total. The Morgan fingerprint density at radius 3 is 2.72 bits per heavy atom. The van der Waals surface area contributed by atoms with Crippen LogP contribution in [0.25, 0.3) is 11.3 Å². The maximum absolute atomic E-state index is 12.1. The second-order valence-corrected chi connectivity index (χ2v) is 4.66. The zero-order chi connectivity index (χ0) is 12.8. The first-order valence-electron chi connectivity index (χ1n) is 5.52. The van der Waals surface area contributed by atoms with Crippen LogP contribution in [0.1, 0.15) is 11.1 Å². The first-order chi connectivity index (χ1) is 8.69. The monoisotopic (exact) mass is 259 g/mol. The van der Waals surface area contributed by atoms with Crippen molar-refractivity contribution >= 4 is 17.6 Å². The topological polar surface area (TPSA) is 39.2 Å². The van der Waals surface area contributed by atoms with E-state index in [-0.39, 0.29) is 0 Å². The van der Waals surface area contributed by atoms with E-state index in [1.54, 1.807) is 12.3 Å². The van der Waals surface area contributed by atoms with Gasteiger partial charge in [-0.15, -0.1) is 0 Å². The number of rotatable bonds is 1. The molecule has 1 aliphatic rings. The van der Waals surface area contributed by atoms with E-state index in [1.807, 2.05) is 30.3 Å². The van der Waals surface area contributed by atoms with Crippen molar-refractivity contribution in [3.63, 3.8) is 0 Å². The van der Waals surface area contributed by atoms with Gasteiger partial charge in [0.2, 0.25) is 0 Å². The highest BCUT2D eigenvalue weighted by atomic mass is 35.5. The molecule has 0 bridgehead atoms. The molecule has 0 radical (unpaired) electrons. The van der Waals surface area contributed by atoms with Gasteiger partial charge in [-0.1, -0.05) is 41.9 Å². The zero-order valence-electron chi connectivity index (χ0n) is 9.68. The molecule has 2 aromatic rings. The van der Waals surface area contributed by atoms with Crippen molar-refractivity contribution < 1.29 is 9.53 Å². The second kappa shape index (κ2) is 3.82. The fourth-order valence-electron chi connectivity index (χ4n) is 2.39. The van der Waals surface area contributed by atoms with Crippen LogP contribution in [-0.4, -0.2) is 18.1 Å². The van der Waals surface area contributed by atoms with Crippen LogP contribution in [0.3, 0.4) is 0 Å². The number of carbonyl (C=O) groups excluding carboxylic acids is 1. The largest absolute Gasteiger partial charge is 0.467 e. The Morgan fingerprint density at radius 1 is 1.22 bits per heavy atom. The molecule has 0 fully saturated rings. The van der Waals surface area contributed by atoms with Gasteiger partial charge in [-0.2, -0.15) is 0 Å². The summed E-state index contributed by atoms with van der Waals surface area (Å²) in [6, 6.07) is 11.1. The van der Waals surface area contributed by atoms with E-state index >= 15 is 0 Å². The fraction of sp³-hybridized carbons (Fsp3) is 0.143. The Hall–Kier alpha value is -1.87. The normalized spacial score (nSPS) is 20.1. The van der Waals surface area contributed by atoms with Crippen LogP contribution in [-0.2, 0) is 14.4 Å². The number of fused-ring (bicyclic) bond motifs is 3. The molecule has 90 valence electrons. The van der Waals surface area contributed by atoms with Gasteiger partial charge in [0.1, 0.15) is 0 Å². The molecule has 3 nitrogen and oxygen atoms in total. The van der Waals surface area contributed by atoms with E-state index < -0.39 is 10.8 Å². The third kappa shape index (κ3) is 1.25. The molecule has 1 unspecified atom stereocenters. The minimum Gasteiger partial charge on any atom is -0.467 e. The number of esters is 1. The van der Waals surface area contributed by atoms with Crippen LogP contribution >= 0.6 is 11.6 Å². The van der Waals surface area contributed by atoms with Crippen molar-refractivity contribution in [2.24, 2.45) is 0 Å². The lowest BCUT2D eigenvalue weighted by molar-refractivity contribution is -0.142. The molecule has 1 aliphatic carbocycles. The lowest BCUT2D eigenvalue weighted by Gasteiger charge is -2.20. The van der Waals surface area contributed by atoms with Crippen LogP contribution in [0.4, 0.5) is 0 Å². The lowest BCUT2D eigenvalue weighted by Crippen LogP contribution is -2.30. The van der Waals surface area contributed by atoms with E-state index in [1.165, 1.54) is 7.11 Å². The molecule has 0 aliphatic heterocycles. The maximum atomic E-state index is 12.1. The first kappa shape index (κ1) is 11.2. The van der Waals surface area contributed by atoms with Crippen molar-refractivity contribution in [1.82, 2.24) is 4.98 Å². The first-order valence-corrected chi connectivity index (χ1v) is 5.90. The zero-order valence-corrected chi connectivity index (χ0v) is 10.4. The Bertz CT molecular complexity index is 594. The number of aromatic nitrogens is 1. The number of methoxy groups -OCH3 is 1. The summed E-state index contributed by atoms with van der Waals surface area (Å²) >= 11 is 6.57. The summed E-state index contributed by atoms with van der Waals surface area (Å²) in [5, 5.41) is 0. The second-order valence-electron chi connectivity index (χ2n) is 4.10. The van der Waals surface area contributed by atoms with Crippen LogP contribution in [0.2, 0.25) is 0 Å². The van der Waals surface area contributed by atoms with Crippen LogP contribution in [0.5, 0.6) is 0 Å². The molecule has 1 aromatic carbocycles. The highest BCUT2D eigenvalue weighted by Crippen LogP contribution is 2.50. The predicted molar refractivity (Wildman–Crippen MR) is 68.3 cm³/mol. The average molecular weight is 260 g/mol. The van der Waals surface area contributed by atoms with Crippen molar-refractivity contribution in [3.05, 3.63) is 53.7 Å². The summed E-state index contributed by atoms with van der Waals surface area (Å²) in [7, 11) is 1.34. The minimum atomic E-state index is -1.28. The van der Waals surface area contributed by atoms with Gasteiger partial charge in [0.05, 0.1) is 12.8 Å². The molecule has 3 rings (SSSR count). The highest BCUT2D eigenvalue weighted by Gasteiger charge is 2.49. The summed E-state index contributed by atoms with van der Waals surface area (Å²) < 4.78 is 4.85. The van der Waals surface area contributed by atoms with E-state index in [0.717, 1.165) is 16.8 Å². The van der Waals surface area contributed by atoms with Gasteiger partial charge in [-0.3, -0.25) is 4.98 Å². The number of hydrogen-bond acceptors (Lipinski definition) is 3. The van der Waals surface area contributed by atoms with Crippen molar-refractivity contribution in [1.29, 1.82) is 0 Å². The van der Waals surface area contributed by atoms with Gasteiger partial charge >= 0.3 is 5.97 Å². The SMILES string of the molecule is COC(=O)C1(Cl)c2ccccc2-c2ncccc21. The molecular weight excluding hydrogens is 250 g/mol. The molecule has 4 heteroatoms. The van der Waals surface area contributed by atoms with E-state index in [9.17, 15) is 4.79 Å². The molecule has 0 saturated carbocycles. The molecule has 0 saturated heterocycles. The Morgan fingerprint density at radius 2 is 1.94 bits per heavy atom. The lowest BCUT2D eigenvalue weighted by atomic mass is 9.96. The number of benzene rings is 1. The number of carbonyl (C=O) groups is 1. The van der Waals surface area contributed by atoms with Gasteiger partial charge in [0.15, 0.2) is 4.87 Å². The van der Waals surface area contributed by atoms with E-state index in [4.69, 9.17) is 16.3 Å². The Kier molecular flexibility index (Phi) is 2.38. The summed E-state index contributed by atoms with van der Waals surface area (Å²) in [5.41, 5.74) is 3.04. The number of ether oxygens (including phenoxy) is 1. The number of pyridine rings is 1. The molecule has 18 heavy (non-hydrogen) atoms. The smallest absolute Gasteiger partial charge is 0.336 e. The Labute approximate surface area is 109 Å². The molecule has 1 atom stereocenters. The number of nitrogens with zero attached hydrogens (tertiary/aromatic N) is 1. The standard InChI is InChI=1S/C14H10ClNO2/c1-18-13(17)14(15)10-6-3-2-5-9(10)12-11(14)7-4-8-16-12/h2-8H,1H3. The average Bonchev–Trinajstić information content (AvgIpc) is 2.70. The summed E-state index contributed by atoms with van der Waals surface area (Å²) in [4.78, 5) is 15.1. The van der Waals surface area contributed by atoms with Gasteiger partial charge in [0, 0.05) is 17.3 Å². The number of hydrogen-bond donors (Lipinski definition) is 0. The highest BCUT2D eigenvalue weighted by molar-refractivity contribution is 6.38. The fourth-order valence-corrected chi connectivity index (χ4v) is 2.79. The van der Waals surface area contributed by atoms with Gasteiger partial charge in [-0.25, -0.2) is 4.79 Å². The maximum Gasteiger partial charge on any atom is 0.336 e. The summed E-state index contributed by atoms with van der Waals surface area (Å²) in [6.45, 7) is 0. The predicted octanol–water partition coefficient (Wildman–Crippen LogP) is 2.72. The number of halogens is 1. The summed E-state index contributed by atoms with van der Waals surface area (Å²) in [5.74, 6) is -0.483. The van der Waals surface area contributed by atoms with Gasteiger partial charge in [0.25, 0.3) is 0 Å². The van der Waals surface area contributed by atoms with Crippen molar-refractivity contribution in [2.75, 3.05) is 7.11 Å². The third-order valence-corrected chi connectivity index (χ3v) is 3.76. The van der Waals surface area contributed by atoms with E-state index in [2.05, 4.69) is 4.98 Å². The summed E-state index contributed by atoms with van der Waals surface area (Å²) in [6.07, 6.45) is 1.69. The van der Waals surface area contributed by atoms with Crippen LogP contribution in [0, 0.1) is 0 Å². The quantitative estimate of drug-likeness (QED) is 0.584. The molecular formula is C14H10ClNO2. The minimum absolute atomic E-state index is 0.483. The van der Waals surface area contributed by atoms with Crippen molar-refractivity contribution in [3.8, 4) is 11.3 Å². The van der Waals surface area contributed by atoms with Gasteiger partial charge in [-0.05, 0) is 11.6 Å². The van der Waals surface area contributed by atoms with Crippen LogP contribution < -0.4 is 0 Å². The van der Waals surface area contributed by atoms with E-state index in [0.29, 0.717) is 5.56 Å². The third-order valence-electron chi connectivity index (χ3n) is 3.20. The Balaban J connectivity index is 2.37. The number of alkyl halides is 1. The van der Waals surface area contributed by atoms with Gasteiger partial charge < -0.3 is 4.74 Å². The molecule has 1 aromatic heterocycles. The molecule has 0 spiro atoms.